The Labute approximate surface area is 134 Å². The summed E-state index contributed by atoms with van der Waals surface area (Å²) in [4.78, 5) is 4.22. The zero-order valence-electron chi connectivity index (χ0n) is 12.7. The first kappa shape index (κ1) is 14.8. The number of aromatic nitrogens is 1. The fourth-order valence-electron chi connectivity index (χ4n) is 3.16. The summed E-state index contributed by atoms with van der Waals surface area (Å²) in [6.07, 6.45) is 5.87. The van der Waals surface area contributed by atoms with Crippen molar-refractivity contribution in [3.8, 4) is 0 Å². The minimum atomic E-state index is 0.268. The molecule has 2 heterocycles. The number of hydrogen-bond donors (Lipinski definition) is 1. The van der Waals surface area contributed by atoms with Crippen molar-refractivity contribution >= 4 is 15.9 Å². The number of halogens is 1. The largest absolute Gasteiger partial charge is 0.466 e. The van der Waals surface area contributed by atoms with Crippen molar-refractivity contribution in [3.63, 3.8) is 0 Å². The molecular weight excluding hydrogens is 328 g/mol. The van der Waals surface area contributed by atoms with Crippen LogP contribution in [0.5, 0.6) is 0 Å². The maximum atomic E-state index is 5.88. The summed E-state index contributed by atoms with van der Waals surface area (Å²) in [5, 5.41) is 3.67. The molecule has 21 heavy (non-hydrogen) atoms. The molecule has 0 radical (unpaired) electrons. The van der Waals surface area contributed by atoms with Crippen molar-refractivity contribution in [1.82, 2.24) is 10.3 Å². The van der Waals surface area contributed by atoms with Gasteiger partial charge in [0.25, 0.3) is 0 Å². The van der Waals surface area contributed by atoms with Crippen LogP contribution in [0.15, 0.2) is 33.4 Å². The summed E-state index contributed by atoms with van der Waals surface area (Å²) < 4.78 is 6.90. The number of nitrogens with one attached hydrogen (secondary N) is 1. The van der Waals surface area contributed by atoms with E-state index >= 15 is 0 Å². The maximum absolute atomic E-state index is 5.88. The van der Waals surface area contributed by atoms with Crippen LogP contribution < -0.4 is 5.32 Å². The number of aryl methyl sites for hydroxylation is 1. The summed E-state index contributed by atoms with van der Waals surface area (Å²) in [6.45, 7) is 7.46. The van der Waals surface area contributed by atoms with Gasteiger partial charge in [0.05, 0.1) is 0 Å². The molecule has 0 saturated heterocycles. The third kappa shape index (κ3) is 3.38. The fourth-order valence-corrected chi connectivity index (χ4v) is 3.57. The smallest absolute Gasteiger partial charge is 0.109 e. The molecule has 0 saturated carbocycles. The molecular formula is C17H21BrN2O. The van der Waals surface area contributed by atoms with E-state index in [0.29, 0.717) is 6.04 Å². The van der Waals surface area contributed by atoms with Gasteiger partial charge in [-0.15, -0.1) is 0 Å². The van der Waals surface area contributed by atoms with Crippen LogP contribution in [-0.2, 0) is 13.0 Å². The highest BCUT2D eigenvalue weighted by atomic mass is 79.9. The average Bonchev–Trinajstić information content (AvgIpc) is 2.75. The summed E-state index contributed by atoms with van der Waals surface area (Å²) in [7, 11) is 0. The minimum absolute atomic E-state index is 0.268. The molecule has 2 aromatic rings. The van der Waals surface area contributed by atoms with Gasteiger partial charge in [-0.2, -0.15) is 0 Å². The molecule has 0 spiro atoms. The van der Waals surface area contributed by atoms with Gasteiger partial charge in [0, 0.05) is 41.4 Å². The van der Waals surface area contributed by atoms with Crippen LogP contribution in [0.2, 0.25) is 0 Å². The first-order valence-corrected chi connectivity index (χ1v) is 8.14. The summed E-state index contributed by atoms with van der Waals surface area (Å²) in [6, 6.07) is 4.64. The number of fused-ring (bicyclic) bond motifs is 1. The molecule has 1 N–H and O–H groups in total. The monoisotopic (exact) mass is 348 g/mol. The number of rotatable bonds is 3. The standard InChI is InChI=1S/C17H21BrN2O/c1-11-4-14-15(6-17(2,3)7-16(14)21-11)20-9-12-5-13(18)10-19-8-12/h4-5,8,10,15,20H,6-7,9H2,1-3H3. The highest BCUT2D eigenvalue weighted by molar-refractivity contribution is 9.10. The Balaban J connectivity index is 1.78. The van der Waals surface area contributed by atoms with E-state index in [-0.39, 0.29) is 5.41 Å². The van der Waals surface area contributed by atoms with Crippen LogP contribution in [0.1, 0.15) is 49.0 Å². The highest BCUT2D eigenvalue weighted by Gasteiger charge is 2.34. The van der Waals surface area contributed by atoms with Gasteiger partial charge in [-0.3, -0.25) is 4.98 Å². The third-order valence-electron chi connectivity index (χ3n) is 4.05. The van der Waals surface area contributed by atoms with Gasteiger partial charge in [-0.25, -0.2) is 0 Å². The molecule has 1 aliphatic rings. The average molecular weight is 349 g/mol. The van der Waals surface area contributed by atoms with Gasteiger partial charge in [0.15, 0.2) is 0 Å². The van der Waals surface area contributed by atoms with Crippen molar-refractivity contribution in [2.45, 2.75) is 46.2 Å². The number of nitrogens with zero attached hydrogens (tertiary/aromatic N) is 1. The Kier molecular flexibility index (Phi) is 3.93. The van der Waals surface area contributed by atoms with E-state index in [9.17, 15) is 0 Å². The van der Waals surface area contributed by atoms with E-state index < -0.39 is 0 Å². The molecule has 1 unspecified atom stereocenters. The molecule has 0 amide bonds. The van der Waals surface area contributed by atoms with Crippen LogP contribution in [0.4, 0.5) is 0 Å². The molecule has 1 aliphatic carbocycles. The fraction of sp³-hybridized carbons (Fsp3) is 0.471. The van der Waals surface area contributed by atoms with Gasteiger partial charge in [-0.1, -0.05) is 13.8 Å². The van der Waals surface area contributed by atoms with Gasteiger partial charge >= 0.3 is 0 Å². The SMILES string of the molecule is Cc1cc2c(o1)CC(C)(C)CC2NCc1cncc(Br)c1. The van der Waals surface area contributed by atoms with E-state index in [4.69, 9.17) is 4.42 Å². The second-order valence-electron chi connectivity index (χ2n) is 6.73. The number of pyridine rings is 1. The predicted octanol–water partition coefficient (Wildman–Crippen LogP) is 4.55. The number of furan rings is 1. The first-order valence-electron chi connectivity index (χ1n) is 7.35. The van der Waals surface area contributed by atoms with Crippen LogP contribution in [-0.4, -0.2) is 4.98 Å². The van der Waals surface area contributed by atoms with Crippen LogP contribution in [0, 0.1) is 12.3 Å². The summed E-state index contributed by atoms with van der Waals surface area (Å²) >= 11 is 3.47. The van der Waals surface area contributed by atoms with Crippen molar-refractivity contribution < 1.29 is 4.42 Å². The van der Waals surface area contributed by atoms with Crippen molar-refractivity contribution in [2.75, 3.05) is 0 Å². The normalized spacial score (nSPS) is 20.3. The van der Waals surface area contributed by atoms with E-state index in [0.717, 1.165) is 35.4 Å². The molecule has 0 aliphatic heterocycles. The number of hydrogen-bond acceptors (Lipinski definition) is 3. The second kappa shape index (κ2) is 5.58. The van der Waals surface area contributed by atoms with Crippen LogP contribution in [0.3, 0.4) is 0 Å². The molecule has 112 valence electrons. The Morgan fingerprint density at radius 3 is 2.95 bits per heavy atom. The molecule has 2 aromatic heterocycles. The highest BCUT2D eigenvalue weighted by Crippen LogP contribution is 2.42. The Morgan fingerprint density at radius 1 is 1.38 bits per heavy atom. The lowest BCUT2D eigenvalue weighted by molar-refractivity contribution is 0.233. The van der Waals surface area contributed by atoms with Gasteiger partial charge < -0.3 is 9.73 Å². The molecule has 3 nitrogen and oxygen atoms in total. The lowest BCUT2D eigenvalue weighted by Crippen LogP contribution is -2.32. The van der Waals surface area contributed by atoms with Gasteiger partial charge in [0.2, 0.25) is 0 Å². The van der Waals surface area contributed by atoms with Crippen molar-refractivity contribution in [1.29, 1.82) is 0 Å². The third-order valence-corrected chi connectivity index (χ3v) is 4.48. The van der Waals surface area contributed by atoms with E-state index in [2.05, 4.69) is 52.2 Å². The molecule has 4 heteroatoms. The van der Waals surface area contributed by atoms with E-state index in [1.807, 2.05) is 19.3 Å². The van der Waals surface area contributed by atoms with Crippen molar-refractivity contribution in [3.05, 3.63) is 51.6 Å². The molecule has 3 rings (SSSR count). The predicted molar refractivity (Wildman–Crippen MR) is 87.1 cm³/mol. The quantitative estimate of drug-likeness (QED) is 0.884. The maximum Gasteiger partial charge on any atom is 0.109 e. The van der Waals surface area contributed by atoms with Gasteiger partial charge in [-0.05, 0) is 52.4 Å². The Hall–Kier alpha value is -1.13. The molecule has 1 atom stereocenters. The molecule has 0 aromatic carbocycles. The second-order valence-corrected chi connectivity index (χ2v) is 7.64. The van der Waals surface area contributed by atoms with Crippen LogP contribution >= 0.6 is 15.9 Å². The lowest BCUT2D eigenvalue weighted by Gasteiger charge is -2.34. The zero-order valence-corrected chi connectivity index (χ0v) is 14.3. The first-order chi connectivity index (χ1) is 9.93. The topological polar surface area (TPSA) is 38.1 Å². The Morgan fingerprint density at radius 2 is 2.19 bits per heavy atom. The Bertz CT molecular complexity index is 648. The minimum Gasteiger partial charge on any atom is -0.466 e. The molecule has 0 bridgehead atoms. The lowest BCUT2D eigenvalue weighted by atomic mass is 9.74. The van der Waals surface area contributed by atoms with E-state index in [1.54, 1.807) is 0 Å². The summed E-state index contributed by atoms with van der Waals surface area (Å²) in [5.41, 5.74) is 2.79. The molecule has 0 fully saturated rings. The summed E-state index contributed by atoms with van der Waals surface area (Å²) in [5.74, 6) is 2.15. The van der Waals surface area contributed by atoms with Crippen LogP contribution in [0.25, 0.3) is 0 Å². The van der Waals surface area contributed by atoms with E-state index in [1.165, 1.54) is 11.1 Å². The van der Waals surface area contributed by atoms with Crippen molar-refractivity contribution in [2.24, 2.45) is 5.41 Å². The van der Waals surface area contributed by atoms with Gasteiger partial charge in [0.1, 0.15) is 11.5 Å². The zero-order chi connectivity index (χ0) is 15.0.